The zero-order valence-electron chi connectivity index (χ0n) is 17.7. The number of methoxy groups -OCH3 is 1. The lowest BCUT2D eigenvalue weighted by Gasteiger charge is -2.09. The van der Waals surface area contributed by atoms with Crippen molar-refractivity contribution in [3.05, 3.63) is 70.2 Å². The molecule has 0 atom stereocenters. The molecule has 2 amide bonds. The van der Waals surface area contributed by atoms with E-state index < -0.39 is 0 Å². The predicted molar refractivity (Wildman–Crippen MR) is 121 cm³/mol. The lowest BCUT2D eigenvalue weighted by atomic mass is 10.2. The number of carbonyl (C=O) groups is 2. The van der Waals surface area contributed by atoms with Crippen molar-refractivity contribution in [2.24, 2.45) is 0 Å². The molecule has 0 fully saturated rings. The molecular weight excluding hydrogens is 414 g/mol. The number of hydrogen-bond acceptors (Lipinski definition) is 6. The number of benzene rings is 2. The topological polar surface area (TPSA) is 89.5 Å². The maximum Gasteiger partial charge on any atom is 0.262 e. The van der Waals surface area contributed by atoms with Crippen LogP contribution in [-0.4, -0.2) is 30.5 Å². The van der Waals surface area contributed by atoms with Gasteiger partial charge in [0, 0.05) is 28.6 Å². The Bertz CT molecular complexity index is 1030. The summed E-state index contributed by atoms with van der Waals surface area (Å²) in [5.41, 5.74) is 1.98. The van der Waals surface area contributed by atoms with Crippen LogP contribution in [0.5, 0.6) is 11.5 Å². The fraction of sp³-hybridized carbons (Fsp3) is 0.261. The van der Waals surface area contributed by atoms with E-state index >= 15 is 0 Å². The number of rotatable bonds is 9. The standard InChI is InChI=1S/C23H25N3O4S/c1-15(2)23-26-18(14-31-23)12-24-22(28)16-7-9-19(10-8-16)30-13-21(27)25-17-5-4-6-20(11-17)29-3/h4-11,14-15H,12-13H2,1-3H3,(H,24,28)(H,25,27). The molecule has 0 saturated heterocycles. The third-order valence-electron chi connectivity index (χ3n) is 4.33. The van der Waals surface area contributed by atoms with Gasteiger partial charge in [-0.25, -0.2) is 4.98 Å². The van der Waals surface area contributed by atoms with E-state index in [0.29, 0.717) is 35.2 Å². The summed E-state index contributed by atoms with van der Waals surface area (Å²) in [5.74, 6) is 1.04. The summed E-state index contributed by atoms with van der Waals surface area (Å²) < 4.78 is 10.6. The molecule has 0 spiro atoms. The van der Waals surface area contributed by atoms with Gasteiger partial charge in [0.15, 0.2) is 6.61 Å². The number of hydrogen-bond donors (Lipinski definition) is 2. The van der Waals surface area contributed by atoms with Crippen molar-refractivity contribution in [1.29, 1.82) is 0 Å². The zero-order valence-corrected chi connectivity index (χ0v) is 18.5. The first kappa shape index (κ1) is 22.3. The molecule has 2 N–H and O–H groups in total. The molecule has 0 unspecified atom stereocenters. The van der Waals surface area contributed by atoms with Crippen LogP contribution >= 0.6 is 11.3 Å². The summed E-state index contributed by atoms with van der Waals surface area (Å²) in [6.07, 6.45) is 0. The first-order valence-corrected chi connectivity index (χ1v) is 10.7. The number of ether oxygens (including phenoxy) is 2. The van der Waals surface area contributed by atoms with E-state index in [2.05, 4.69) is 29.5 Å². The maximum atomic E-state index is 12.3. The molecule has 162 valence electrons. The smallest absolute Gasteiger partial charge is 0.262 e. The normalized spacial score (nSPS) is 10.6. The van der Waals surface area contributed by atoms with Gasteiger partial charge < -0.3 is 20.1 Å². The number of aromatic nitrogens is 1. The monoisotopic (exact) mass is 439 g/mol. The van der Waals surface area contributed by atoms with Gasteiger partial charge in [-0.2, -0.15) is 0 Å². The second-order valence-electron chi connectivity index (χ2n) is 7.11. The van der Waals surface area contributed by atoms with Gasteiger partial charge in [-0.15, -0.1) is 11.3 Å². The van der Waals surface area contributed by atoms with Gasteiger partial charge >= 0.3 is 0 Å². The van der Waals surface area contributed by atoms with Gasteiger partial charge in [0.25, 0.3) is 11.8 Å². The number of carbonyl (C=O) groups excluding carboxylic acids is 2. The molecule has 0 aliphatic rings. The van der Waals surface area contributed by atoms with Crippen molar-refractivity contribution in [3.63, 3.8) is 0 Å². The third kappa shape index (κ3) is 6.55. The van der Waals surface area contributed by atoms with E-state index in [-0.39, 0.29) is 18.4 Å². The molecule has 0 radical (unpaired) electrons. The molecule has 1 aromatic heterocycles. The van der Waals surface area contributed by atoms with Crippen LogP contribution in [0.25, 0.3) is 0 Å². The number of nitrogens with one attached hydrogen (secondary N) is 2. The second kappa shape index (κ2) is 10.6. The van der Waals surface area contributed by atoms with Crippen molar-refractivity contribution in [2.75, 3.05) is 19.0 Å². The van der Waals surface area contributed by atoms with Gasteiger partial charge in [-0.1, -0.05) is 19.9 Å². The summed E-state index contributed by atoms with van der Waals surface area (Å²) in [7, 11) is 1.57. The number of nitrogens with zero attached hydrogens (tertiary/aromatic N) is 1. The van der Waals surface area contributed by atoms with E-state index in [1.807, 2.05) is 5.38 Å². The minimum Gasteiger partial charge on any atom is -0.497 e. The molecular formula is C23H25N3O4S. The van der Waals surface area contributed by atoms with Crippen LogP contribution in [0.4, 0.5) is 5.69 Å². The molecule has 2 aromatic carbocycles. The number of anilines is 1. The Labute approximate surface area is 185 Å². The van der Waals surface area contributed by atoms with Crippen molar-refractivity contribution >= 4 is 28.8 Å². The fourth-order valence-corrected chi connectivity index (χ4v) is 3.53. The van der Waals surface area contributed by atoms with Crippen LogP contribution in [0, 0.1) is 0 Å². The highest BCUT2D eigenvalue weighted by Gasteiger charge is 2.10. The summed E-state index contributed by atoms with van der Waals surface area (Å²) in [4.78, 5) is 28.9. The van der Waals surface area contributed by atoms with Crippen LogP contribution in [0.1, 0.15) is 40.8 Å². The third-order valence-corrected chi connectivity index (χ3v) is 5.53. The molecule has 3 rings (SSSR count). The van der Waals surface area contributed by atoms with Crippen LogP contribution < -0.4 is 20.1 Å². The quantitative estimate of drug-likeness (QED) is 0.521. The van der Waals surface area contributed by atoms with E-state index in [4.69, 9.17) is 9.47 Å². The average Bonchev–Trinajstić information content (AvgIpc) is 3.26. The molecule has 0 saturated carbocycles. The molecule has 8 heteroatoms. The van der Waals surface area contributed by atoms with Crippen LogP contribution in [-0.2, 0) is 11.3 Å². The first-order chi connectivity index (χ1) is 14.9. The lowest BCUT2D eigenvalue weighted by Crippen LogP contribution is -2.23. The Morgan fingerprint density at radius 1 is 1.10 bits per heavy atom. The fourth-order valence-electron chi connectivity index (χ4n) is 2.69. The highest BCUT2D eigenvalue weighted by molar-refractivity contribution is 7.09. The van der Waals surface area contributed by atoms with E-state index in [1.54, 1.807) is 67.0 Å². The van der Waals surface area contributed by atoms with Gasteiger partial charge in [0.1, 0.15) is 11.5 Å². The van der Waals surface area contributed by atoms with Gasteiger partial charge in [-0.3, -0.25) is 9.59 Å². The van der Waals surface area contributed by atoms with Crippen LogP contribution in [0.15, 0.2) is 53.9 Å². The Hall–Kier alpha value is -3.39. The minimum absolute atomic E-state index is 0.148. The molecule has 1 heterocycles. The van der Waals surface area contributed by atoms with Gasteiger partial charge in [0.05, 0.1) is 24.4 Å². The van der Waals surface area contributed by atoms with E-state index in [9.17, 15) is 9.59 Å². The molecule has 7 nitrogen and oxygen atoms in total. The first-order valence-electron chi connectivity index (χ1n) is 9.84. The Kier molecular flexibility index (Phi) is 7.61. The molecule has 0 aliphatic heterocycles. The van der Waals surface area contributed by atoms with Crippen LogP contribution in [0.3, 0.4) is 0 Å². The predicted octanol–water partition coefficient (Wildman–Crippen LogP) is 4.22. The highest BCUT2D eigenvalue weighted by atomic mass is 32.1. The van der Waals surface area contributed by atoms with Gasteiger partial charge in [-0.05, 0) is 36.4 Å². The molecule has 31 heavy (non-hydrogen) atoms. The minimum atomic E-state index is -0.292. The Morgan fingerprint density at radius 2 is 1.87 bits per heavy atom. The van der Waals surface area contributed by atoms with Gasteiger partial charge in [0.2, 0.25) is 0 Å². The average molecular weight is 440 g/mol. The molecule has 0 bridgehead atoms. The van der Waals surface area contributed by atoms with Crippen molar-refractivity contribution in [1.82, 2.24) is 10.3 Å². The SMILES string of the molecule is COc1cccc(NC(=O)COc2ccc(C(=O)NCc3csc(C(C)C)n3)cc2)c1. The Morgan fingerprint density at radius 3 is 2.55 bits per heavy atom. The number of thiazole rings is 1. The van der Waals surface area contributed by atoms with Crippen molar-refractivity contribution in [3.8, 4) is 11.5 Å². The zero-order chi connectivity index (χ0) is 22.2. The van der Waals surface area contributed by atoms with Crippen molar-refractivity contribution < 1.29 is 19.1 Å². The highest BCUT2D eigenvalue weighted by Crippen LogP contribution is 2.19. The summed E-state index contributed by atoms with van der Waals surface area (Å²) in [5, 5.41) is 8.63. The Balaban J connectivity index is 1.46. The number of amides is 2. The largest absolute Gasteiger partial charge is 0.497 e. The summed E-state index contributed by atoms with van der Waals surface area (Å²) in [6, 6.07) is 13.7. The van der Waals surface area contributed by atoms with Crippen LogP contribution in [0.2, 0.25) is 0 Å². The molecule has 0 aliphatic carbocycles. The van der Waals surface area contributed by atoms with E-state index in [0.717, 1.165) is 10.7 Å². The molecule has 3 aromatic rings. The summed E-state index contributed by atoms with van der Waals surface area (Å²) in [6.45, 7) is 4.41. The van der Waals surface area contributed by atoms with E-state index in [1.165, 1.54) is 0 Å². The maximum absolute atomic E-state index is 12.3. The lowest BCUT2D eigenvalue weighted by molar-refractivity contribution is -0.118. The summed E-state index contributed by atoms with van der Waals surface area (Å²) >= 11 is 1.60. The van der Waals surface area contributed by atoms with Crippen molar-refractivity contribution in [2.45, 2.75) is 26.3 Å². The second-order valence-corrected chi connectivity index (χ2v) is 8.00.